The SMILES string of the molecule is CN=C(NC)NCCCN1CCCC1C(=O)N(C)C.I. The van der Waals surface area contributed by atoms with Crippen LogP contribution < -0.4 is 10.6 Å². The molecule has 7 heteroatoms. The average Bonchev–Trinajstić information content (AvgIpc) is 2.86. The fourth-order valence-corrected chi connectivity index (χ4v) is 2.44. The lowest BCUT2D eigenvalue weighted by Gasteiger charge is -2.26. The van der Waals surface area contributed by atoms with Crippen LogP contribution in [0.1, 0.15) is 19.3 Å². The Morgan fingerprint density at radius 3 is 2.70 bits per heavy atom. The van der Waals surface area contributed by atoms with Crippen molar-refractivity contribution >= 4 is 35.8 Å². The lowest BCUT2D eigenvalue weighted by Crippen LogP contribution is -2.43. The van der Waals surface area contributed by atoms with Gasteiger partial charge in [0, 0.05) is 41.3 Å². The van der Waals surface area contributed by atoms with Crippen molar-refractivity contribution in [3.8, 4) is 0 Å². The highest BCUT2D eigenvalue weighted by molar-refractivity contribution is 14.0. The normalized spacial score (nSPS) is 19.4. The van der Waals surface area contributed by atoms with Crippen molar-refractivity contribution in [1.29, 1.82) is 0 Å². The van der Waals surface area contributed by atoms with E-state index in [2.05, 4.69) is 20.5 Å². The molecule has 1 fully saturated rings. The third kappa shape index (κ3) is 5.82. The standard InChI is InChI=1S/C13H27N5O.HI/c1-14-13(15-2)16-8-6-10-18-9-5-7-11(18)12(19)17(3)4;/h11H,5-10H2,1-4H3,(H2,14,15,16);1H. The van der Waals surface area contributed by atoms with Crippen LogP contribution in [-0.2, 0) is 4.79 Å². The largest absolute Gasteiger partial charge is 0.359 e. The maximum absolute atomic E-state index is 12.0. The molecule has 118 valence electrons. The second-order valence-electron chi connectivity index (χ2n) is 5.03. The Morgan fingerprint density at radius 1 is 1.45 bits per heavy atom. The first-order chi connectivity index (χ1) is 9.10. The molecule has 1 unspecified atom stereocenters. The van der Waals surface area contributed by atoms with Crippen molar-refractivity contribution < 1.29 is 4.79 Å². The van der Waals surface area contributed by atoms with Crippen molar-refractivity contribution in [2.24, 2.45) is 4.99 Å². The van der Waals surface area contributed by atoms with Crippen LogP contribution in [0.4, 0.5) is 0 Å². The van der Waals surface area contributed by atoms with E-state index in [0.29, 0.717) is 0 Å². The van der Waals surface area contributed by atoms with Gasteiger partial charge in [0.25, 0.3) is 0 Å². The Labute approximate surface area is 139 Å². The van der Waals surface area contributed by atoms with E-state index >= 15 is 0 Å². The van der Waals surface area contributed by atoms with Crippen LogP contribution in [0.3, 0.4) is 0 Å². The molecule has 2 N–H and O–H groups in total. The first-order valence-corrected chi connectivity index (χ1v) is 6.93. The molecule has 1 saturated heterocycles. The second-order valence-corrected chi connectivity index (χ2v) is 5.03. The number of likely N-dealkylation sites (tertiary alicyclic amines) is 1. The zero-order valence-electron chi connectivity index (χ0n) is 13.0. The number of guanidine groups is 1. The van der Waals surface area contributed by atoms with Crippen LogP contribution in [0.15, 0.2) is 4.99 Å². The molecule has 0 radical (unpaired) electrons. The summed E-state index contributed by atoms with van der Waals surface area (Å²) < 4.78 is 0. The van der Waals surface area contributed by atoms with Crippen LogP contribution in [0.5, 0.6) is 0 Å². The Balaban J connectivity index is 0.00000361. The maximum Gasteiger partial charge on any atom is 0.239 e. The number of carbonyl (C=O) groups excluding carboxylic acids is 1. The van der Waals surface area contributed by atoms with E-state index in [1.165, 1.54) is 0 Å². The molecule has 1 aliphatic rings. The summed E-state index contributed by atoms with van der Waals surface area (Å²) in [6.45, 7) is 2.86. The van der Waals surface area contributed by atoms with Crippen molar-refractivity contribution in [3.05, 3.63) is 0 Å². The van der Waals surface area contributed by atoms with Crippen molar-refractivity contribution in [3.63, 3.8) is 0 Å². The van der Waals surface area contributed by atoms with E-state index in [1.807, 2.05) is 21.1 Å². The summed E-state index contributed by atoms with van der Waals surface area (Å²) in [7, 11) is 7.27. The third-order valence-corrected chi connectivity index (χ3v) is 3.46. The molecule has 6 nitrogen and oxygen atoms in total. The number of hydrogen-bond acceptors (Lipinski definition) is 3. The van der Waals surface area contributed by atoms with E-state index in [4.69, 9.17) is 0 Å². The van der Waals surface area contributed by atoms with Gasteiger partial charge in [0.15, 0.2) is 5.96 Å². The van der Waals surface area contributed by atoms with Gasteiger partial charge in [0.1, 0.15) is 0 Å². The molecule has 1 amide bonds. The van der Waals surface area contributed by atoms with Crippen LogP contribution in [0, 0.1) is 0 Å². The van der Waals surface area contributed by atoms with Crippen LogP contribution >= 0.6 is 24.0 Å². The summed E-state index contributed by atoms with van der Waals surface area (Å²) in [5, 5.41) is 6.21. The van der Waals surface area contributed by atoms with Gasteiger partial charge in [0.05, 0.1) is 6.04 Å². The minimum atomic E-state index is 0. The summed E-state index contributed by atoms with van der Waals surface area (Å²) >= 11 is 0. The predicted molar refractivity (Wildman–Crippen MR) is 93.7 cm³/mol. The first-order valence-electron chi connectivity index (χ1n) is 6.93. The third-order valence-electron chi connectivity index (χ3n) is 3.46. The molecule has 20 heavy (non-hydrogen) atoms. The maximum atomic E-state index is 12.0. The van der Waals surface area contributed by atoms with Crippen LogP contribution in [0.25, 0.3) is 0 Å². The van der Waals surface area contributed by atoms with Crippen molar-refractivity contribution in [1.82, 2.24) is 20.4 Å². The number of amides is 1. The molecule has 0 aromatic carbocycles. The topological polar surface area (TPSA) is 60.0 Å². The van der Waals surface area contributed by atoms with Gasteiger partial charge in [-0.05, 0) is 25.8 Å². The fourth-order valence-electron chi connectivity index (χ4n) is 2.44. The molecule has 0 aromatic rings. The zero-order valence-corrected chi connectivity index (χ0v) is 15.3. The number of nitrogens with one attached hydrogen (secondary N) is 2. The number of rotatable bonds is 5. The van der Waals surface area contributed by atoms with Gasteiger partial charge in [0.2, 0.25) is 5.91 Å². The lowest BCUT2D eigenvalue weighted by atomic mass is 10.2. The number of hydrogen-bond donors (Lipinski definition) is 2. The van der Waals surface area contributed by atoms with Crippen molar-refractivity contribution in [2.45, 2.75) is 25.3 Å². The van der Waals surface area contributed by atoms with Gasteiger partial charge in [-0.25, -0.2) is 0 Å². The first kappa shape index (κ1) is 19.4. The van der Waals surface area contributed by atoms with E-state index in [1.54, 1.807) is 11.9 Å². The van der Waals surface area contributed by atoms with Gasteiger partial charge < -0.3 is 15.5 Å². The molecule has 1 heterocycles. The Bertz CT molecular complexity index is 322. The molecule has 0 spiro atoms. The van der Waals surface area contributed by atoms with Gasteiger partial charge in [-0.2, -0.15) is 0 Å². The summed E-state index contributed by atoms with van der Waals surface area (Å²) in [5.41, 5.74) is 0. The van der Waals surface area contributed by atoms with E-state index in [0.717, 1.165) is 44.9 Å². The molecule has 0 aliphatic carbocycles. The Morgan fingerprint density at radius 2 is 2.15 bits per heavy atom. The quantitative estimate of drug-likeness (QED) is 0.304. The smallest absolute Gasteiger partial charge is 0.239 e. The molecule has 1 atom stereocenters. The molecule has 0 aromatic heterocycles. The summed E-state index contributed by atoms with van der Waals surface area (Å²) in [5.74, 6) is 1.04. The number of halogens is 1. The van der Waals surface area contributed by atoms with Gasteiger partial charge in [-0.3, -0.25) is 14.7 Å². The van der Waals surface area contributed by atoms with Crippen LogP contribution in [0.2, 0.25) is 0 Å². The van der Waals surface area contributed by atoms with Gasteiger partial charge >= 0.3 is 0 Å². The Hall–Kier alpha value is -0.570. The molecule has 0 bridgehead atoms. The number of nitrogens with zero attached hydrogens (tertiary/aromatic N) is 3. The van der Waals surface area contributed by atoms with Gasteiger partial charge in [-0.15, -0.1) is 24.0 Å². The summed E-state index contributed by atoms with van der Waals surface area (Å²) in [6.07, 6.45) is 3.12. The van der Waals surface area contributed by atoms with E-state index in [-0.39, 0.29) is 35.9 Å². The molecular formula is C13H28IN5O. The van der Waals surface area contributed by atoms with Crippen LogP contribution in [-0.4, -0.2) is 75.5 Å². The highest BCUT2D eigenvalue weighted by Crippen LogP contribution is 2.18. The minimum Gasteiger partial charge on any atom is -0.359 e. The zero-order chi connectivity index (χ0) is 14.3. The van der Waals surface area contributed by atoms with Crippen molar-refractivity contribution in [2.75, 3.05) is 47.8 Å². The molecule has 1 aliphatic heterocycles. The summed E-state index contributed by atoms with van der Waals surface area (Å²) in [6, 6.07) is 0.0820. The number of carbonyl (C=O) groups is 1. The molecular weight excluding hydrogens is 369 g/mol. The molecule has 0 saturated carbocycles. The van der Waals surface area contributed by atoms with E-state index in [9.17, 15) is 4.79 Å². The second kappa shape index (κ2) is 10.2. The summed E-state index contributed by atoms with van der Waals surface area (Å²) in [4.78, 5) is 20.1. The Kier molecular flexibility index (Phi) is 9.91. The fraction of sp³-hybridized carbons (Fsp3) is 0.846. The van der Waals surface area contributed by atoms with E-state index < -0.39 is 0 Å². The number of likely N-dealkylation sites (N-methyl/N-ethyl adjacent to an activating group) is 1. The average molecular weight is 397 g/mol. The highest BCUT2D eigenvalue weighted by Gasteiger charge is 2.30. The highest BCUT2D eigenvalue weighted by atomic mass is 127. The molecule has 1 rings (SSSR count). The van der Waals surface area contributed by atoms with Gasteiger partial charge in [-0.1, -0.05) is 0 Å². The number of aliphatic imine (C=N–C) groups is 1. The minimum absolute atomic E-state index is 0. The predicted octanol–water partition coefficient (Wildman–Crippen LogP) is 0.342. The monoisotopic (exact) mass is 397 g/mol. The lowest BCUT2D eigenvalue weighted by molar-refractivity contribution is -0.133.